The Bertz CT molecular complexity index is 458. The second-order valence-corrected chi connectivity index (χ2v) is 5.28. The van der Waals surface area contributed by atoms with Crippen molar-refractivity contribution in [3.63, 3.8) is 0 Å². The van der Waals surface area contributed by atoms with E-state index < -0.39 is 12.0 Å². The van der Waals surface area contributed by atoms with Crippen LogP contribution in [-0.2, 0) is 16.0 Å². The molecule has 0 radical (unpaired) electrons. The zero-order valence-electron chi connectivity index (χ0n) is 11.6. The number of likely N-dealkylation sites (tertiary alicyclic amines) is 1. The van der Waals surface area contributed by atoms with Crippen LogP contribution < -0.4 is 0 Å². The molecule has 1 fully saturated rings. The molecule has 1 aliphatic heterocycles. The highest BCUT2D eigenvalue weighted by Gasteiger charge is 2.33. The molecule has 1 unspecified atom stereocenters. The molecule has 4 heteroatoms. The summed E-state index contributed by atoms with van der Waals surface area (Å²) in [4.78, 5) is 24.6. The average molecular weight is 275 g/mol. The molecule has 0 spiro atoms. The minimum absolute atomic E-state index is 0.0111. The molecule has 4 nitrogen and oxygen atoms in total. The summed E-state index contributed by atoms with van der Waals surface area (Å²) in [6.07, 6.45) is 4.59. The van der Waals surface area contributed by atoms with Crippen molar-refractivity contribution in [2.45, 2.75) is 44.6 Å². The third kappa shape index (κ3) is 3.83. The van der Waals surface area contributed by atoms with Crippen LogP contribution in [0, 0.1) is 0 Å². The van der Waals surface area contributed by atoms with Crippen LogP contribution in [0.25, 0.3) is 0 Å². The molecule has 1 aromatic rings. The lowest BCUT2D eigenvalue weighted by Crippen LogP contribution is -2.40. The highest BCUT2D eigenvalue weighted by Crippen LogP contribution is 2.19. The fourth-order valence-corrected chi connectivity index (χ4v) is 2.72. The van der Waals surface area contributed by atoms with E-state index in [1.54, 1.807) is 0 Å². The zero-order chi connectivity index (χ0) is 14.4. The van der Waals surface area contributed by atoms with Gasteiger partial charge in [-0.15, -0.1) is 0 Å². The quantitative estimate of drug-likeness (QED) is 0.811. The number of benzene rings is 1. The van der Waals surface area contributed by atoms with Gasteiger partial charge in [0.1, 0.15) is 6.04 Å². The van der Waals surface area contributed by atoms with Gasteiger partial charge in [-0.25, -0.2) is 4.79 Å². The van der Waals surface area contributed by atoms with Crippen molar-refractivity contribution >= 4 is 11.9 Å². The van der Waals surface area contributed by atoms with E-state index in [9.17, 15) is 9.59 Å². The van der Waals surface area contributed by atoms with E-state index in [0.29, 0.717) is 19.4 Å². The summed E-state index contributed by atoms with van der Waals surface area (Å²) >= 11 is 0. The molecule has 0 bridgehead atoms. The van der Waals surface area contributed by atoms with Crippen molar-refractivity contribution in [3.05, 3.63) is 35.9 Å². The van der Waals surface area contributed by atoms with Crippen molar-refractivity contribution in [1.29, 1.82) is 0 Å². The van der Waals surface area contributed by atoms with Gasteiger partial charge in [0.25, 0.3) is 0 Å². The monoisotopic (exact) mass is 275 g/mol. The van der Waals surface area contributed by atoms with E-state index in [0.717, 1.165) is 25.7 Å². The second-order valence-electron chi connectivity index (χ2n) is 5.28. The van der Waals surface area contributed by atoms with Crippen molar-refractivity contribution in [2.75, 3.05) is 6.54 Å². The van der Waals surface area contributed by atoms with E-state index in [2.05, 4.69) is 12.1 Å². The molecule has 20 heavy (non-hydrogen) atoms. The maximum atomic E-state index is 12.0. The number of carboxylic acids is 1. The number of carboxylic acid groups (broad SMARTS) is 1. The summed E-state index contributed by atoms with van der Waals surface area (Å²) < 4.78 is 0. The van der Waals surface area contributed by atoms with Gasteiger partial charge in [0.05, 0.1) is 0 Å². The highest BCUT2D eigenvalue weighted by molar-refractivity contribution is 5.84. The third-order valence-electron chi connectivity index (χ3n) is 3.81. The van der Waals surface area contributed by atoms with Crippen molar-refractivity contribution in [2.24, 2.45) is 0 Å². The van der Waals surface area contributed by atoms with E-state index in [-0.39, 0.29) is 5.91 Å². The maximum Gasteiger partial charge on any atom is 0.326 e. The van der Waals surface area contributed by atoms with Gasteiger partial charge in [-0.05, 0) is 37.7 Å². The van der Waals surface area contributed by atoms with Crippen LogP contribution in [-0.4, -0.2) is 34.5 Å². The predicted octanol–water partition coefficient (Wildman–Crippen LogP) is 2.48. The Morgan fingerprint density at radius 1 is 1.20 bits per heavy atom. The third-order valence-corrected chi connectivity index (χ3v) is 3.81. The molecule has 1 aliphatic rings. The van der Waals surface area contributed by atoms with Gasteiger partial charge < -0.3 is 10.0 Å². The molecular weight excluding hydrogens is 254 g/mol. The molecule has 1 aromatic carbocycles. The van der Waals surface area contributed by atoms with Crippen LogP contribution in [0.15, 0.2) is 30.3 Å². The molecule has 1 heterocycles. The number of hydrogen-bond acceptors (Lipinski definition) is 2. The summed E-state index contributed by atoms with van der Waals surface area (Å²) in [5.41, 5.74) is 1.28. The Balaban J connectivity index is 1.71. The van der Waals surface area contributed by atoms with Crippen LogP contribution in [0.3, 0.4) is 0 Å². The van der Waals surface area contributed by atoms with Gasteiger partial charge in [0.2, 0.25) is 5.91 Å². The lowest BCUT2D eigenvalue weighted by Gasteiger charge is -2.21. The summed E-state index contributed by atoms with van der Waals surface area (Å²) in [6.45, 7) is 0.592. The minimum Gasteiger partial charge on any atom is -0.480 e. The number of nitrogens with zero attached hydrogens (tertiary/aromatic N) is 1. The van der Waals surface area contributed by atoms with E-state index >= 15 is 0 Å². The number of rotatable bonds is 6. The number of aryl methyl sites for hydroxylation is 1. The highest BCUT2D eigenvalue weighted by atomic mass is 16.4. The largest absolute Gasteiger partial charge is 0.480 e. The van der Waals surface area contributed by atoms with E-state index in [1.165, 1.54) is 10.5 Å². The molecule has 1 amide bonds. The van der Waals surface area contributed by atoms with Crippen molar-refractivity contribution in [1.82, 2.24) is 4.90 Å². The predicted molar refractivity (Wildman–Crippen MR) is 76.4 cm³/mol. The number of aliphatic carboxylic acids is 1. The Hall–Kier alpha value is -1.84. The molecule has 0 aliphatic carbocycles. The SMILES string of the molecule is O=C(O)C1CCCN1C(=O)CCCCc1ccccc1. The summed E-state index contributed by atoms with van der Waals surface area (Å²) in [5.74, 6) is -0.886. The van der Waals surface area contributed by atoms with Crippen LogP contribution in [0.4, 0.5) is 0 Å². The second kappa shape index (κ2) is 7.08. The number of carbonyl (C=O) groups is 2. The van der Waals surface area contributed by atoms with E-state index in [1.807, 2.05) is 18.2 Å². The van der Waals surface area contributed by atoms with Crippen LogP contribution in [0.5, 0.6) is 0 Å². The first kappa shape index (κ1) is 14.6. The molecule has 0 saturated carbocycles. The van der Waals surface area contributed by atoms with Gasteiger partial charge in [-0.1, -0.05) is 30.3 Å². The van der Waals surface area contributed by atoms with E-state index in [4.69, 9.17) is 5.11 Å². The average Bonchev–Trinajstić information content (AvgIpc) is 2.94. The van der Waals surface area contributed by atoms with Gasteiger partial charge >= 0.3 is 5.97 Å². The first-order chi connectivity index (χ1) is 9.68. The lowest BCUT2D eigenvalue weighted by molar-refractivity contribution is -0.148. The van der Waals surface area contributed by atoms with Gasteiger partial charge in [-0.3, -0.25) is 4.79 Å². The fraction of sp³-hybridized carbons (Fsp3) is 0.500. The normalized spacial score (nSPS) is 18.2. The zero-order valence-corrected chi connectivity index (χ0v) is 11.6. The number of unbranched alkanes of at least 4 members (excludes halogenated alkanes) is 1. The molecule has 0 aromatic heterocycles. The van der Waals surface area contributed by atoms with Gasteiger partial charge in [0.15, 0.2) is 0 Å². The van der Waals surface area contributed by atoms with Gasteiger partial charge in [-0.2, -0.15) is 0 Å². The molecular formula is C16H21NO3. The van der Waals surface area contributed by atoms with Gasteiger partial charge in [0, 0.05) is 13.0 Å². The first-order valence-electron chi connectivity index (χ1n) is 7.24. The number of amides is 1. The molecule has 1 N–H and O–H groups in total. The van der Waals surface area contributed by atoms with Crippen LogP contribution in [0.2, 0.25) is 0 Å². The lowest BCUT2D eigenvalue weighted by atomic mass is 10.1. The molecule has 1 saturated heterocycles. The minimum atomic E-state index is -0.875. The van der Waals surface area contributed by atoms with Crippen molar-refractivity contribution in [3.8, 4) is 0 Å². The summed E-state index contributed by atoms with van der Waals surface area (Å²) in [7, 11) is 0. The number of hydrogen-bond donors (Lipinski definition) is 1. The maximum absolute atomic E-state index is 12.0. The Kier molecular flexibility index (Phi) is 5.16. The molecule has 2 rings (SSSR count). The Morgan fingerprint density at radius 3 is 2.65 bits per heavy atom. The topological polar surface area (TPSA) is 57.6 Å². The first-order valence-corrected chi connectivity index (χ1v) is 7.24. The fourth-order valence-electron chi connectivity index (χ4n) is 2.72. The summed E-state index contributed by atoms with van der Waals surface area (Å²) in [5, 5.41) is 9.06. The van der Waals surface area contributed by atoms with Crippen LogP contribution >= 0.6 is 0 Å². The number of carbonyl (C=O) groups excluding carboxylic acids is 1. The molecule has 108 valence electrons. The molecule has 1 atom stereocenters. The summed E-state index contributed by atoms with van der Waals surface area (Å²) in [6, 6.07) is 9.60. The smallest absolute Gasteiger partial charge is 0.326 e. The standard InChI is InChI=1S/C16H21NO3/c18-15(17-12-6-10-14(17)16(19)20)11-5-4-9-13-7-2-1-3-8-13/h1-3,7-8,14H,4-6,9-12H2,(H,19,20). The Labute approximate surface area is 119 Å². The Morgan fingerprint density at radius 2 is 1.95 bits per heavy atom. The van der Waals surface area contributed by atoms with Crippen LogP contribution in [0.1, 0.15) is 37.7 Å². The van der Waals surface area contributed by atoms with Crippen molar-refractivity contribution < 1.29 is 14.7 Å².